The van der Waals surface area contributed by atoms with Gasteiger partial charge in [0.05, 0.1) is 22.8 Å². The highest BCUT2D eigenvalue weighted by Crippen LogP contribution is 2.38. The lowest BCUT2D eigenvalue weighted by molar-refractivity contribution is 1.18. The Morgan fingerprint density at radius 1 is 0.150 bits per heavy atom. The Bertz CT molecular complexity index is 5980. The lowest BCUT2D eigenvalue weighted by atomic mass is 9.97. The molecule has 0 aliphatic heterocycles. The largest absolute Gasteiger partial charge is 0.263 e. The van der Waals surface area contributed by atoms with Crippen molar-refractivity contribution in [3.8, 4) is 135 Å². The van der Waals surface area contributed by atoms with Crippen molar-refractivity contribution >= 4 is 43.1 Å². The van der Waals surface area contributed by atoms with Gasteiger partial charge in [-0.25, -0.2) is 19.9 Å². The van der Waals surface area contributed by atoms with Crippen LogP contribution in [0.1, 0.15) is 0 Å². The molecule has 0 saturated carbocycles. The van der Waals surface area contributed by atoms with Gasteiger partial charge in [-0.3, -0.25) is 9.97 Å². The number of hydrogen-bond donors (Lipinski definition) is 0. The molecule has 6 nitrogen and oxygen atoms in total. The van der Waals surface area contributed by atoms with Gasteiger partial charge < -0.3 is 0 Å². The standard InChI is InChI=1S/2C47H31N3/c1-2-9-32(10-3-1)34-17-24-37(25-18-34)47-49-45(36-22-20-35(21-23-36)44-31-48-30-42-13-6-7-16-43(42)44)29-46(50-47)41-15-8-14-39(28-41)40-26-19-33-11-4-5-12-38(33)27-40;1-2-9-32(10-3-1)39-14-8-15-41(28-39)47-49-45(36-22-17-34(18-23-36)40-26-19-33-11-4-5-12-38(33)27-40)29-46(50-47)37-24-20-35(21-25-37)44-31-48-30-42-13-6-7-16-43(42)44/h2*1-31H. The highest BCUT2D eigenvalue weighted by Gasteiger charge is 2.17. The van der Waals surface area contributed by atoms with E-state index < -0.39 is 0 Å². The van der Waals surface area contributed by atoms with Crippen molar-refractivity contribution in [1.29, 1.82) is 0 Å². The minimum Gasteiger partial charge on any atom is -0.263 e. The first-order valence-corrected chi connectivity index (χ1v) is 33.7. The van der Waals surface area contributed by atoms with Crippen molar-refractivity contribution in [3.05, 3.63) is 377 Å². The fraction of sp³-hybridized carbons (Fsp3) is 0. The predicted molar refractivity (Wildman–Crippen MR) is 415 cm³/mol. The molecule has 0 radical (unpaired) electrons. The zero-order valence-corrected chi connectivity index (χ0v) is 54.5. The predicted octanol–water partition coefficient (Wildman–Crippen LogP) is 24.4. The summed E-state index contributed by atoms with van der Waals surface area (Å²) in [7, 11) is 0. The zero-order chi connectivity index (χ0) is 66.6. The summed E-state index contributed by atoms with van der Waals surface area (Å²) in [5.41, 5.74) is 23.4. The van der Waals surface area contributed by atoms with Gasteiger partial charge >= 0.3 is 0 Å². The molecule has 18 aromatic rings. The van der Waals surface area contributed by atoms with E-state index in [4.69, 9.17) is 19.9 Å². The Morgan fingerprint density at radius 2 is 0.440 bits per heavy atom. The van der Waals surface area contributed by atoms with E-state index in [9.17, 15) is 0 Å². The van der Waals surface area contributed by atoms with Gasteiger partial charge in [-0.15, -0.1) is 0 Å². The van der Waals surface area contributed by atoms with Gasteiger partial charge in [0, 0.05) is 80.1 Å². The normalized spacial score (nSPS) is 11.2. The topological polar surface area (TPSA) is 77.3 Å². The summed E-state index contributed by atoms with van der Waals surface area (Å²) >= 11 is 0. The maximum absolute atomic E-state index is 5.17. The summed E-state index contributed by atoms with van der Waals surface area (Å²) in [5, 5.41) is 9.57. The van der Waals surface area contributed by atoms with E-state index in [2.05, 4.69) is 338 Å². The van der Waals surface area contributed by atoms with Crippen molar-refractivity contribution in [3.63, 3.8) is 0 Å². The van der Waals surface area contributed by atoms with Crippen LogP contribution in [0.5, 0.6) is 0 Å². The monoisotopic (exact) mass is 1270 g/mol. The molecule has 0 amide bonds. The molecule has 4 aromatic heterocycles. The second-order valence-electron chi connectivity index (χ2n) is 25.1. The van der Waals surface area contributed by atoms with Crippen molar-refractivity contribution in [2.24, 2.45) is 0 Å². The van der Waals surface area contributed by atoms with Gasteiger partial charge in [-0.2, -0.15) is 0 Å². The van der Waals surface area contributed by atoms with Crippen LogP contribution in [0.15, 0.2) is 377 Å². The van der Waals surface area contributed by atoms with Crippen LogP contribution < -0.4 is 0 Å². The third-order valence-electron chi connectivity index (χ3n) is 18.8. The lowest BCUT2D eigenvalue weighted by Crippen LogP contribution is -1.96. The fourth-order valence-electron chi connectivity index (χ4n) is 13.4. The Kier molecular flexibility index (Phi) is 16.3. The first kappa shape index (κ1) is 60.3. The van der Waals surface area contributed by atoms with Crippen LogP contribution in [-0.4, -0.2) is 29.9 Å². The number of rotatable bonds is 12. The van der Waals surface area contributed by atoms with E-state index in [1.807, 2.05) is 49.1 Å². The minimum atomic E-state index is 0.690. The Labute approximate surface area is 580 Å². The van der Waals surface area contributed by atoms with E-state index in [1.54, 1.807) is 0 Å². The van der Waals surface area contributed by atoms with Crippen molar-refractivity contribution in [2.75, 3.05) is 0 Å². The van der Waals surface area contributed by atoms with Crippen molar-refractivity contribution < 1.29 is 0 Å². The summed E-state index contributed by atoms with van der Waals surface area (Å²) in [6.45, 7) is 0. The Morgan fingerprint density at radius 3 is 0.930 bits per heavy atom. The minimum absolute atomic E-state index is 0.690. The van der Waals surface area contributed by atoms with Crippen LogP contribution in [-0.2, 0) is 0 Å². The SMILES string of the molecule is c1ccc(-c2ccc(-c3nc(-c4ccc(-c5cncc6ccccc56)cc4)cc(-c4cccc(-c5ccc6ccccc6c5)c4)n3)cc2)cc1.c1ccc(-c2cccc(-c3nc(-c4ccc(-c5ccc6ccccc6c5)cc4)cc(-c4ccc(-c5cncc6ccccc56)cc4)n3)c2)cc1. The van der Waals surface area contributed by atoms with Crippen molar-refractivity contribution in [1.82, 2.24) is 29.9 Å². The second-order valence-corrected chi connectivity index (χ2v) is 25.1. The third kappa shape index (κ3) is 12.6. The van der Waals surface area contributed by atoms with E-state index in [0.29, 0.717) is 11.6 Å². The molecule has 100 heavy (non-hydrogen) atoms. The van der Waals surface area contributed by atoms with Crippen LogP contribution in [0.3, 0.4) is 0 Å². The number of fused-ring (bicyclic) bond motifs is 4. The molecule has 14 aromatic carbocycles. The Hall–Kier alpha value is -13.4. The molecule has 0 fully saturated rings. The average Bonchev–Trinajstić information content (AvgIpc) is 0.803. The molecular formula is C94H62N6. The molecular weight excluding hydrogens is 1210 g/mol. The average molecular weight is 1280 g/mol. The summed E-state index contributed by atoms with van der Waals surface area (Å²) < 4.78 is 0. The lowest BCUT2D eigenvalue weighted by Gasteiger charge is -2.12. The second kappa shape index (κ2) is 27.0. The van der Waals surface area contributed by atoms with Crippen LogP contribution in [0.4, 0.5) is 0 Å². The summed E-state index contributed by atoms with van der Waals surface area (Å²) in [4.78, 5) is 29.6. The highest BCUT2D eigenvalue weighted by atomic mass is 14.9. The number of hydrogen-bond acceptors (Lipinski definition) is 6. The summed E-state index contributed by atoms with van der Waals surface area (Å²) in [6, 6.07) is 124. The molecule has 0 atom stereocenters. The number of aromatic nitrogens is 6. The molecule has 0 bridgehead atoms. The third-order valence-corrected chi connectivity index (χ3v) is 18.8. The number of pyridine rings is 2. The van der Waals surface area contributed by atoms with Gasteiger partial charge in [-0.05, 0) is 124 Å². The molecule has 0 unspecified atom stereocenters. The van der Waals surface area contributed by atoms with Crippen LogP contribution >= 0.6 is 0 Å². The maximum atomic E-state index is 5.17. The molecule has 468 valence electrons. The van der Waals surface area contributed by atoms with Crippen LogP contribution in [0.2, 0.25) is 0 Å². The molecule has 0 N–H and O–H groups in total. The van der Waals surface area contributed by atoms with Crippen LogP contribution in [0, 0.1) is 0 Å². The Balaban J connectivity index is 0.000000150. The summed E-state index contributed by atoms with van der Waals surface area (Å²) in [6.07, 6.45) is 7.72. The quantitative estimate of drug-likeness (QED) is 0.121. The van der Waals surface area contributed by atoms with E-state index in [0.717, 1.165) is 111 Å². The highest BCUT2D eigenvalue weighted by molar-refractivity contribution is 5.98. The van der Waals surface area contributed by atoms with Gasteiger partial charge in [-0.1, -0.05) is 315 Å². The maximum Gasteiger partial charge on any atom is 0.160 e. The zero-order valence-electron chi connectivity index (χ0n) is 54.5. The molecule has 18 rings (SSSR count). The van der Waals surface area contributed by atoms with Crippen molar-refractivity contribution in [2.45, 2.75) is 0 Å². The van der Waals surface area contributed by atoms with Gasteiger partial charge in [0.2, 0.25) is 0 Å². The molecule has 4 heterocycles. The molecule has 0 aliphatic carbocycles. The van der Waals surface area contributed by atoms with Gasteiger partial charge in [0.1, 0.15) is 0 Å². The van der Waals surface area contributed by atoms with Crippen LogP contribution in [0.25, 0.3) is 178 Å². The molecule has 6 heteroatoms. The number of nitrogens with zero attached hydrogens (tertiary/aromatic N) is 6. The molecule has 0 aliphatic rings. The first-order chi connectivity index (χ1) is 49.5. The van der Waals surface area contributed by atoms with E-state index in [-0.39, 0.29) is 0 Å². The molecule has 0 saturated heterocycles. The van der Waals surface area contributed by atoms with E-state index in [1.165, 1.54) is 54.6 Å². The van der Waals surface area contributed by atoms with Gasteiger partial charge in [0.15, 0.2) is 11.6 Å². The number of benzene rings is 14. The fourth-order valence-corrected chi connectivity index (χ4v) is 13.4. The smallest absolute Gasteiger partial charge is 0.160 e. The summed E-state index contributed by atoms with van der Waals surface area (Å²) in [5.74, 6) is 1.38. The first-order valence-electron chi connectivity index (χ1n) is 33.7. The van der Waals surface area contributed by atoms with Gasteiger partial charge in [0.25, 0.3) is 0 Å². The molecule has 0 spiro atoms. The van der Waals surface area contributed by atoms with E-state index >= 15 is 0 Å².